The van der Waals surface area contributed by atoms with Crippen LogP contribution in [0.25, 0.3) is 0 Å². The summed E-state index contributed by atoms with van der Waals surface area (Å²) in [6.45, 7) is 2.99. The van der Waals surface area contributed by atoms with Gasteiger partial charge < -0.3 is 4.74 Å². The largest absolute Gasteiger partial charge is 0.491 e. The Morgan fingerprint density at radius 1 is 1.06 bits per heavy atom. The summed E-state index contributed by atoms with van der Waals surface area (Å²) >= 11 is 12.9. The number of ether oxygens (including phenoxy) is 1. The van der Waals surface area contributed by atoms with E-state index in [4.69, 9.17) is 16.3 Å². The third-order valence-corrected chi connectivity index (χ3v) is 4.19. The second kappa shape index (κ2) is 9.22. The number of benzene rings is 1. The van der Waals surface area contributed by atoms with Crippen LogP contribution in [0, 0.1) is 0 Å². The molecule has 0 aliphatic carbocycles. The third kappa shape index (κ3) is 5.50. The van der Waals surface area contributed by atoms with E-state index in [0.29, 0.717) is 5.88 Å². The first-order valence-corrected chi connectivity index (χ1v) is 8.47. The van der Waals surface area contributed by atoms with E-state index >= 15 is 0 Å². The molecule has 0 bridgehead atoms. The zero-order valence-electron chi connectivity index (χ0n) is 10.6. The van der Waals surface area contributed by atoms with Gasteiger partial charge in [0, 0.05) is 5.88 Å². The lowest BCUT2D eigenvalue weighted by Crippen LogP contribution is -1.99. The molecular formula is C14H19Br2ClO. The fourth-order valence-corrected chi connectivity index (χ4v) is 3.37. The van der Waals surface area contributed by atoms with E-state index in [1.807, 2.05) is 12.1 Å². The summed E-state index contributed by atoms with van der Waals surface area (Å²) in [5.41, 5.74) is 1.07. The Labute approximate surface area is 132 Å². The molecule has 0 saturated carbocycles. The average Bonchev–Trinajstić information content (AvgIpc) is 2.35. The van der Waals surface area contributed by atoms with Gasteiger partial charge in [-0.05, 0) is 56.0 Å². The number of hydrogen-bond acceptors (Lipinski definition) is 1. The normalized spacial score (nSPS) is 10.7. The lowest BCUT2D eigenvalue weighted by atomic mass is 10.2. The van der Waals surface area contributed by atoms with Gasteiger partial charge in [-0.1, -0.05) is 32.6 Å². The molecule has 0 aliphatic rings. The van der Waals surface area contributed by atoms with Crippen molar-refractivity contribution in [2.45, 2.75) is 44.9 Å². The van der Waals surface area contributed by atoms with Crippen LogP contribution in [0.15, 0.2) is 21.1 Å². The molecular weight excluding hydrogens is 379 g/mol. The van der Waals surface area contributed by atoms with Crippen LogP contribution in [-0.4, -0.2) is 6.61 Å². The highest BCUT2D eigenvalue weighted by molar-refractivity contribution is 9.11. The molecule has 0 heterocycles. The van der Waals surface area contributed by atoms with Gasteiger partial charge in [0.25, 0.3) is 0 Å². The van der Waals surface area contributed by atoms with Gasteiger partial charge >= 0.3 is 0 Å². The lowest BCUT2D eigenvalue weighted by Gasteiger charge is -2.11. The van der Waals surface area contributed by atoms with Gasteiger partial charge in [0.2, 0.25) is 0 Å². The molecule has 18 heavy (non-hydrogen) atoms. The van der Waals surface area contributed by atoms with Crippen molar-refractivity contribution in [2.24, 2.45) is 0 Å². The maximum absolute atomic E-state index is 5.82. The Morgan fingerprint density at radius 2 is 1.67 bits per heavy atom. The SMILES string of the molecule is CCCCCCCOc1c(Br)cc(CCl)cc1Br. The molecule has 0 saturated heterocycles. The first kappa shape index (κ1) is 16.3. The molecule has 0 amide bonds. The van der Waals surface area contributed by atoms with Crippen molar-refractivity contribution in [1.82, 2.24) is 0 Å². The van der Waals surface area contributed by atoms with Crippen LogP contribution >= 0.6 is 43.5 Å². The molecule has 0 radical (unpaired) electrons. The first-order chi connectivity index (χ1) is 8.69. The monoisotopic (exact) mass is 396 g/mol. The number of alkyl halides is 1. The second-order valence-electron chi connectivity index (χ2n) is 4.28. The van der Waals surface area contributed by atoms with Crippen LogP contribution in [0.2, 0.25) is 0 Å². The van der Waals surface area contributed by atoms with Gasteiger partial charge in [-0.15, -0.1) is 11.6 Å². The Kier molecular flexibility index (Phi) is 8.36. The molecule has 0 unspecified atom stereocenters. The summed E-state index contributed by atoms with van der Waals surface area (Å²) in [6, 6.07) is 4.01. The number of hydrogen-bond donors (Lipinski definition) is 0. The number of rotatable bonds is 8. The van der Waals surface area contributed by atoms with Crippen LogP contribution in [0.1, 0.15) is 44.6 Å². The predicted molar refractivity (Wildman–Crippen MR) is 85.7 cm³/mol. The summed E-state index contributed by atoms with van der Waals surface area (Å²) in [7, 11) is 0. The molecule has 0 N–H and O–H groups in total. The van der Waals surface area contributed by atoms with E-state index in [0.717, 1.165) is 33.3 Å². The van der Waals surface area contributed by atoms with Crippen LogP contribution in [0.4, 0.5) is 0 Å². The molecule has 102 valence electrons. The molecule has 4 heteroatoms. The predicted octanol–water partition coefficient (Wildman–Crippen LogP) is 6.30. The topological polar surface area (TPSA) is 9.23 Å². The van der Waals surface area contributed by atoms with Gasteiger partial charge in [-0.2, -0.15) is 0 Å². The van der Waals surface area contributed by atoms with E-state index in [9.17, 15) is 0 Å². The minimum absolute atomic E-state index is 0.508. The maximum atomic E-state index is 5.82. The van der Waals surface area contributed by atoms with Crippen molar-refractivity contribution >= 4 is 43.5 Å². The maximum Gasteiger partial charge on any atom is 0.147 e. The van der Waals surface area contributed by atoms with E-state index in [1.54, 1.807) is 0 Å². The number of unbranched alkanes of at least 4 members (excludes halogenated alkanes) is 4. The molecule has 0 spiro atoms. The summed E-state index contributed by atoms with van der Waals surface area (Å²) < 4.78 is 7.73. The minimum Gasteiger partial charge on any atom is -0.491 e. The molecule has 1 aromatic carbocycles. The van der Waals surface area contributed by atoms with Crippen LogP contribution < -0.4 is 4.74 Å². The van der Waals surface area contributed by atoms with Crippen molar-refractivity contribution in [2.75, 3.05) is 6.61 Å². The van der Waals surface area contributed by atoms with Gasteiger partial charge in [0.1, 0.15) is 5.75 Å². The van der Waals surface area contributed by atoms with E-state index in [-0.39, 0.29) is 0 Å². The molecule has 0 aromatic heterocycles. The van der Waals surface area contributed by atoms with Crippen molar-refractivity contribution in [3.05, 3.63) is 26.6 Å². The standard InChI is InChI=1S/C14H19Br2ClO/c1-2-3-4-5-6-7-18-14-12(15)8-11(10-17)9-13(14)16/h8-9H,2-7,10H2,1H3. The van der Waals surface area contributed by atoms with Gasteiger partial charge in [-0.3, -0.25) is 0 Å². The summed E-state index contributed by atoms with van der Waals surface area (Å²) in [4.78, 5) is 0. The fourth-order valence-electron chi connectivity index (χ4n) is 1.71. The third-order valence-electron chi connectivity index (χ3n) is 2.71. The summed E-state index contributed by atoms with van der Waals surface area (Å²) in [6.07, 6.45) is 6.24. The quantitative estimate of drug-likeness (QED) is 0.369. The highest BCUT2D eigenvalue weighted by Crippen LogP contribution is 2.35. The number of halogens is 3. The molecule has 1 nitrogen and oxygen atoms in total. The van der Waals surface area contributed by atoms with E-state index in [1.165, 1.54) is 25.7 Å². The van der Waals surface area contributed by atoms with Crippen LogP contribution in [-0.2, 0) is 5.88 Å². The van der Waals surface area contributed by atoms with Crippen molar-refractivity contribution in [3.63, 3.8) is 0 Å². The zero-order valence-corrected chi connectivity index (χ0v) is 14.6. The summed E-state index contributed by atoms with van der Waals surface area (Å²) in [5.74, 6) is 1.38. The first-order valence-electron chi connectivity index (χ1n) is 6.35. The highest BCUT2D eigenvalue weighted by Gasteiger charge is 2.08. The van der Waals surface area contributed by atoms with Crippen molar-refractivity contribution in [3.8, 4) is 5.75 Å². The van der Waals surface area contributed by atoms with Gasteiger partial charge in [0.05, 0.1) is 15.6 Å². The average molecular weight is 399 g/mol. The molecule has 0 aliphatic heterocycles. The van der Waals surface area contributed by atoms with E-state index in [2.05, 4.69) is 38.8 Å². The second-order valence-corrected chi connectivity index (χ2v) is 6.26. The van der Waals surface area contributed by atoms with Crippen LogP contribution in [0.3, 0.4) is 0 Å². The van der Waals surface area contributed by atoms with Crippen molar-refractivity contribution in [1.29, 1.82) is 0 Å². The van der Waals surface area contributed by atoms with Crippen LogP contribution in [0.5, 0.6) is 5.75 Å². The molecule has 0 atom stereocenters. The lowest BCUT2D eigenvalue weighted by molar-refractivity contribution is 0.301. The van der Waals surface area contributed by atoms with Gasteiger partial charge in [0.15, 0.2) is 0 Å². The Bertz CT molecular complexity index is 346. The Morgan fingerprint density at radius 3 is 2.22 bits per heavy atom. The Balaban J connectivity index is 2.42. The summed E-state index contributed by atoms with van der Waals surface area (Å²) in [5, 5.41) is 0. The zero-order chi connectivity index (χ0) is 13.4. The Hall–Kier alpha value is 0.270. The fraction of sp³-hybridized carbons (Fsp3) is 0.571. The molecule has 1 rings (SSSR count). The smallest absolute Gasteiger partial charge is 0.147 e. The molecule has 1 aromatic rings. The minimum atomic E-state index is 0.508. The van der Waals surface area contributed by atoms with E-state index < -0.39 is 0 Å². The van der Waals surface area contributed by atoms with Gasteiger partial charge in [-0.25, -0.2) is 0 Å². The highest BCUT2D eigenvalue weighted by atomic mass is 79.9. The molecule has 0 fully saturated rings. The van der Waals surface area contributed by atoms with Crippen molar-refractivity contribution < 1.29 is 4.74 Å².